The topological polar surface area (TPSA) is 32.7 Å². The molecule has 0 bridgehead atoms. The molecule has 0 saturated heterocycles. The zero-order chi connectivity index (χ0) is 22.1. The molecule has 2 unspecified atom stereocenters. The van der Waals surface area contributed by atoms with Crippen LogP contribution in [0.1, 0.15) is 46.8 Å². The molecule has 3 aromatic rings. The molecule has 1 saturated carbocycles. The van der Waals surface area contributed by atoms with Gasteiger partial charge in [-0.2, -0.15) is 5.10 Å². The highest BCUT2D eigenvalue weighted by molar-refractivity contribution is 6.30. The number of hydrogen-bond acceptors (Lipinski definition) is 2. The summed E-state index contributed by atoms with van der Waals surface area (Å²) in [5, 5.41) is 8.01. The van der Waals surface area contributed by atoms with Gasteiger partial charge in [-0.15, -0.1) is 0 Å². The Morgan fingerprint density at radius 3 is 2.25 bits per heavy atom. The molecule has 3 aromatic carbocycles. The van der Waals surface area contributed by atoms with Crippen LogP contribution in [0.5, 0.6) is 0 Å². The van der Waals surface area contributed by atoms with Gasteiger partial charge in [0.05, 0.1) is 11.8 Å². The number of carbonyl (C=O) groups excluding carboxylic acids is 1. The zero-order valence-electron chi connectivity index (χ0n) is 17.4. The highest BCUT2D eigenvalue weighted by atomic mass is 35.5. The Bertz CT molecular complexity index is 1180. The fourth-order valence-corrected chi connectivity index (χ4v) is 4.89. The number of hydrogen-bond donors (Lipinski definition) is 0. The molecular formula is C27H22Cl2N2O. The van der Waals surface area contributed by atoms with E-state index in [0.717, 1.165) is 36.1 Å². The van der Waals surface area contributed by atoms with Gasteiger partial charge in [-0.1, -0.05) is 65.7 Å². The van der Waals surface area contributed by atoms with Crippen LogP contribution in [0, 0.1) is 5.92 Å². The predicted octanol–water partition coefficient (Wildman–Crippen LogP) is 7.43. The Labute approximate surface area is 198 Å². The quantitative estimate of drug-likeness (QED) is 0.399. The second-order valence-corrected chi connectivity index (χ2v) is 9.09. The number of hydrazone groups is 1. The normalized spacial score (nSPS) is 21.4. The van der Waals surface area contributed by atoms with Crippen LogP contribution < -0.4 is 0 Å². The molecule has 2 aliphatic rings. The fourth-order valence-electron chi connectivity index (χ4n) is 4.63. The predicted molar refractivity (Wildman–Crippen MR) is 131 cm³/mol. The summed E-state index contributed by atoms with van der Waals surface area (Å²) in [4.78, 5) is 13.5. The molecule has 5 rings (SSSR count). The van der Waals surface area contributed by atoms with Gasteiger partial charge in [-0.25, -0.2) is 5.01 Å². The molecule has 1 aliphatic heterocycles. The monoisotopic (exact) mass is 460 g/mol. The summed E-state index contributed by atoms with van der Waals surface area (Å²) in [5.41, 5.74) is 4.97. The van der Waals surface area contributed by atoms with Gasteiger partial charge >= 0.3 is 0 Å². The summed E-state index contributed by atoms with van der Waals surface area (Å²) in [5.74, 6) is 0.0643. The van der Waals surface area contributed by atoms with Gasteiger partial charge in [-0.05, 0) is 78.4 Å². The summed E-state index contributed by atoms with van der Waals surface area (Å²) in [6.45, 7) is 0. The van der Waals surface area contributed by atoms with E-state index in [1.165, 1.54) is 5.57 Å². The number of fused-ring (bicyclic) bond motifs is 1. The number of halogens is 2. The lowest BCUT2D eigenvalue weighted by Crippen LogP contribution is -2.31. The molecule has 0 spiro atoms. The number of benzene rings is 3. The van der Waals surface area contributed by atoms with Crippen LogP contribution in [0.2, 0.25) is 10.0 Å². The van der Waals surface area contributed by atoms with E-state index >= 15 is 0 Å². The Kier molecular flexibility index (Phi) is 5.86. The van der Waals surface area contributed by atoms with E-state index < -0.39 is 0 Å². The molecular weight excluding hydrogens is 439 g/mol. The minimum Gasteiger partial charge on any atom is -0.267 e. The van der Waals surface area contributed by atoms with Gasteiger partial charge in [-0.3, -0.25) is 4.79 Å². The first kappa shape index (κ1) is 21.0. The van der Waals surface area contributed by atoms with Crippen molar-refractivity contribution in [2.24, 2.45) is 11.0 Å². The maximum atomic E-state index is 13.5. The molecule has 2 atom stereocenters. The highest BCUT2D eigenvalue weighted by Gasteiger charge is 2.43. The van der Waals surface area contributed by atoms with E-state index in [-0.39, 0.29) is 17.9 Å². The van der Waals surface area contributed by atoms with Crippen LogP contribution in [0.4, 0.5) is 0 Å². The summed E-state index contributed by atoms with van der Waals surface area (Å²) in [7, 11) is 0. The third-order valence-corrected chi connectivity index (χ3v) is 6.66. The number of rotatable bonds is 3. The summed E-state index contributed by atoms with van der Waals surface area (Å²) < 4.78 is 0. The minimum atomic E-state index is -0.149. The first-order valence-electron chi connectivity index (χ1n) is 10.8. The van der Waals surface area contributed by atoms with Gasteiger partial charge in [0, 0.05) is 21.5 Å². The number of amides is 1. The lowest BCUT2D eigenvalue weighted by Gasteiger charge is -2.29. The van der Waals surface area contributed by atoms with Crippen molar-refractivity contribution in [3.8, 4) is 0 Å². The third-order valence-electron chi connectivity index (χ3n) is 6.15. The van der Waals surface area contributed by atoms with Gasteiger partial charge in [0.2, 0.25) is 0 Å². The first-order valence-corrected chi connectivity index (χ1v) is 11.5. The maximum absolute atomic E-state index is 13.5. The first-order chi connectivity index (χ1) is 15.6. The van der Waals surface area contributed by atoms with Crippen LogP contribution in [-0.2, 0) is 0 Å². The lowest BCUT2D eigenvalue weighted by atomic mass is 9.77. The summed E-state index contributed by atoms with van der Waals surface area (Å²) >= 11 is 12.2. The van der Waals surface area contributed by atoms with Gasteiger partial charge < -0.3 is 0 Å². The van der Waals surface area contributed by atoms with Crippen LogP contribution in [-0.4, -0.2) is 16.6 Å². The average Bonchev–Trinajstić information content (AvgIpc) is 3.22. The fraction of sp³-hybridized carbons (Fsp3) is 0.185. The van der Waals surface area contributed by atoms with Gasteiger partial charge in [0.1, 0.15) is 0 Å². The van der Waals surface area contributed by atoms with Crippen LogP contribution in [0.3, 0.4) is 0 Å². The van der Waals surface area contributed by atoms with Gasteiger partial charge in [0.25, 0.3) is 5.91 Å². The lowest BCUT2D eigenvalue weighted by molar-refractivity contribution is 0.0681. The molecule has 160 valence electrons. The second kappa shape index (κ2) is 8.93. The molecule has 1 heterocycles. The average molecular weight is 461 g/mol. The van der Waals surface area contributed by atoms with Crippen LogP contribution in [0.25, 0.3) is 6.08 Å². The maximum Gasteiger partial charge on any atom is 0.274 e. The second-order valence-electron chi connectivity index (χ2n) is 8.22. The zero-order valence-corrected chi connectivity index (χ0v) is 18.9. The van der Waals surface area contributed by atoms with Gasteiger partial charge in [0.15, 0.2) is 0 Å². The van der Waals surface area contributed by atoms with Crippen molar-refractivity contribution in [2.45, 2.75) is 25.3 Å². The van der Waals surface area contributed by atoms with E-state index in [4.69, 9.17) is 28.3 Å². The molecule has 0 N–H and O–H groups in total. The third kappa shape index (κ3) is 4.11. The highest BCUT2D eigenvalue weighted by Crippen LogP contribution is 2.45. The Balaban J connectivity index is 1.57. The molecule has 32 heavy (non-hydrogen) atoms. The molecule has 1 aliphatic carbocycles. The number of nitrogens with zero attached hydrogens (tertiary/aromatic N) is 2. The molecule has 0 aromatic heterocycles. The standard InChI is InChI=1S/C27H22Cl2N2O/c28-22-13-9-18(10-14-22)17-21-7-4-8-24-25(21)30-31(27(32)20-5-2-1-3-6-20)26(24)19-11-15-23(29)16-12-19/h1-3,5-6,9-17,24,26H,4,7-8H2. The van der Waals surface area contributed by atoms with Crippen LogP contribution in [0.15, 0.2) is 89.5 Å². The molecule has 3 nitrogen and oxygen atoms in total. The van der Waals surface area contributed by atoms with Crippen molar-refractivity contribution < 1.29 is 4.79 Å². The minimum absolute atomic E-state index is 0.0849. The molecule has 5 heteroatoms. The van der Waals surface area contributed by atoms with E-state index in [1.54, 1.807) is 5.01 Å². The van der Waals surface area contributed by atoms with E-state index in [2.05, 4.69) is 6.08 Å². The van der Waals surface area contributed by atoms with Crippen LogP contribution >= 0.6 is 23.2 Å². The summed E-state index contributed by atoms with van der Waals surface area (Å²) in [6, 6.07) is 24.8. The van der Waals surface area contributed by atoms with Crippen molar-refractivity contribution in [1.82, 2.24) is 5.01 Å². The van der Waals surface area contributed by atoms with E-state index in [9.17, 15) is 4.79 Å². The molecule has 0 radical (unpaired) electrons. The van der Waals surface area contributed by atoms with Crippen molar-refractivity contribution in [3.63, 3.8) is 0 Å². The van der Waals surface area contributed by atoms with E-state index in [1.807, 2.05) is 78.9 Å². The number of allylic oxidation sites excluding steroid dienone is 1. The van der Waals surface area contributed by atoms with Crippen molar-refractivity contribution in [2.75, 3.05) is 0 Å². The largest absolute Gasteiger partial charge is 0.274 e. The smallest absolute Gasteiger partial charge is 0.267 e. The Morgan fingerprint density at radius 2 is 1.56 bits per heavy atom. The SMILES string of the molecule is O=C(c1ccccc1)N1N=C2C(=Cc3ccc(Cl)cc3)CCCC2C1c1ccc(Cl)cc1. The number of carbonyl (C=O) groups is 1. The summed E-state index contributed by atoms with van der Waals surface area (Å²) in [6.07, 6.45) is 5.17. The molecule has 1 amide bonds. The van der Waals surface area contributed by atoms with Crippen molar-refractivity contribution in [3.05, 3.63) is 111 Å². The Morgan fingerprint density at radius 1 is 0.906 bits per heavy atom. The Hall–Kier alpha value is -2.88. The molecule has 1 fully saturated rings. The van der Waals surface area contributed by atoms with Crippen molar-refractivity contribution in [1.29, 1.82) is 0 Å². The van der Waals surface area contributed by atoms with Crippen molar-refractivity contribution >= 4 is 40.9 Å². The van der Waals surface area contributed by atoms with E-state index in [0.29, 0.717) is 15.6 Å².